The fraction of sp³-hybridized carbons (Fsp3) is 0.226. The molecule has 2 nitrogen and oxygen atoms in total. The number of allylic oxidation sites excluding steroid dienone is 4. The lowest BCUT2D eigenvalue weighted by atomic mass is 9.73. The number of hydrogen-bond acceptors (Lipinski definition) is 2. The highest BCUT2D eigenvalue weighted by Gasteiger charge is 2.58. The van der Waals surface area contributed by atoms with E-state index in [0.717, 1.165) is 19.3 Å². The second kappa shape index (κ2) is 6.74. The number of carbonyl (C=O) groups is 2. The largest absolute Gasteiger partial charge is 0.295 e. The maximum atomic E-state index is 12.5. The predicted octanol–water partition coefficient (Wildman–Crippen LogP) is 6.91. The highest BCUT2D eigenvalue weighted by atomic mass is 16.2. The van der Waals surface area contributed by atoms with Crippen LogP contribution in [0.2, 0.25) is 0 Å². The van der Waals surface area contributed by atoms with E-state index in [2.05, 4.69) is 85.0 Å². The molecule has 4 atom stereocenters. The van der Waals surface area contributed by atoms with Crippen LogP contribution in [0, 0.1) is 17.3 Å². The zero-order valence-corrected chi connectivity index (χ0v) is 18.3. The minimum absolute atomic E-state index is 0.0211. The van der Waals surface area contributed by atoms with Crippen molar-refractivity contribution in [3.8, 4) is 0 Å². The Morgan fingerprint density at radius 3 is 2.52 bits per heavy atom. The molecule has 2 heteroatoms. The number of hydrogen-bond donors (Lipinski definition) is 0. The lowest BCUT2D eigenvalue weighted by molar-refractivity contribution is -0.133. The normalized spacial score (nSPS) is 27.8. The van der Waals surface area contributed by atoms with E-state index < -0.39 is 0 Å². The standard InChI is InChI=1S/C31H24O2/c32-18-29(33)27-14-16-31-15-4-9-26(30(27)31)28(17-31)22-8-3-7-21-24-11-10-19-5-1-2-6-20(19)23(24)12-13-25(21)22/h1-13,15,18,27-28,30H,14,16-17H2. The third-order valence-corrected chi connectivity index (χ3v) is 8.68. The number of ketones is 1. The fourth-order valence-electron chi connectivity index (χ4n) is 7.35. The summed E-state index contributed by atoms with van der Waals surface area (Å²) in [6.45, 7) is 0. The van der Waals surface area contributed by atoms with E-state index in [4.69, 9.17) is 0 Å². The number of fused-ring (bicyclic) bond motifs is 5. The van der Waals surface area contributed by atoms with Gasteiger partial charge in [0.15, 0.2) is 12.1 Å². The number of carbonyl (C=O) groups excluding carboxylic acids is 2. The quantitative estimate of drug-likeness (QED) is 0.202. The van der Waals surface area contributed by atoms with E-state index in [-0.39, 0.29) is 29.0 Å². The Morgan fingerprint density at radius 2 is 1.61 bits per heavy atom. The molecular formula is C31H24O2. The van der Waals surface area contributed by atoms with Crippen LogP contribution < -0.4 is 0 Å². The van der Waals surface area contributed by atoms with E-state index in [0.29, 0.717) is 6.29 Å². The zero-order valence-electron chi connectivity index (χ0n) is 18.3. The van der Waals surface area contributed by atoms with Gasteiger partial charge in [0.1, 0.15) is 0 Å². The molecule has 2 bridgehead atoms. The van der Waals surface area contributed by atoms with Crippen LogP contribution in [0.15, 0.2) is 90.5 Å². The molecule has 2 saturated carbocycles. The first-order chi connectivity index (χ1) is 16.2. The molecule has 0 heterocycles. The second-order valence-corrected chi connectivity index (χ2v) is 10.0. The topological polar surface area (TPSA) is 34.1 Å². The van der Waals surface area contributed by atoms with Crippen LogP contribution in [0.5, 0.6) is 0 Å². The first-order valence-electron chi connectivity index (χ1n) is 11.9. The fourth-order valence-corrected chi connectivity index (χ4v) is 7.35. The summed E-state index contributed by atoms with van der Waals surface area (Å²) in [6.07, 6.45) is 10.1. The van der Waals surface area contributed by atoms with Gasteiger partial charge in [-0.15, -0.1) is 0 Å². The molecule has 3 aliphatic rings. The van der Waals surface area contributed by atoms with Crippen molar-refractivity contribution in [1.29, 1.82) is 0 Å². The van der Waals surface area contributed by atoms with E-state index in [1.54, 1.807) is 0 Å². The van der Waals surface area contributed by atoms with Crippen LogP contribution in [0.4, 0.5) is 0 Å². The molecule has 0 radical (unpaired) electrons. The van der Waals surface area contributed by atoms with Crippen LogP contribution in [-0.4, -0.2) is 12.1 Å². The first kappa shape index (κ1) is 19.0. The van der Waals surface area contributed by atoms with Crippen molar-refractivity contribution in [2.24, 2.45) is 17.3 Å². The van der Waals surface area contributed by atoms with Gasteiger partial charge in [0.05, 0.1) is 0 Å². The van der Waals surface area contributed by atoms with Crippen LogP contribution >= 0.6 is 0 Å². The molecule has 0 saturated heterocycles. The van der Waals surface area contributed by atoms with Crippen molar-refractivity contribution in [1.82, 2.24) is 0 Å². The Balaban J connectivity index is 1.41. The average molecular weight is 429 g/mol. The third kappa shape index (κ3) is 2.49. The van der Waals surface area contributed by atoms with Crippen LogP contribution in [0.3, 0.4) is 0 Å². The summed E-state index contributed by atoms with van der Waals surface area (Å²) in [4.78, 5) is 23.8. The Labute approximate surface area is 192 Å². The minimum Gasteiger partial charge on any atom is -0.295 e. The smallest absolute Gasteiger partial charge is 0.198 e. The molecule has 3 aliphatic carbocycles. The highest BCUT2D eigenvalue weighted by molar-refractivity contribution is 6.26. The third-order valence-electron chi connectivity index (χ3n) is 8.68. The van der Waals surface area contributed by atoms with Crippen LogP contribution in [0.1, 0.15) is 30.7 Å². The summed E-state index contributed by atoms with van der Waals surface area (Å²) >= 11 is 0. The Hall–Kier alpha value is -3.52. The maximum absolute atomic E-state index is 12.5. The van der Waals surface area contributed by atoms with E-state index in [1.165, 1.54) is 43.5 Å². The molecule has 0 N–H and O–H groups in total. The summed E-state index contributed by atoms with van der Waals surface area (Å²) in [7, 11) is 0. The van der Waals surface area contributed by atoms with Crippen LogP contribution in [0.25, 0.3) is 32.3 Å². The molecule has 0 aliphatic heterocycles. The molecule has 7 rings (SSSR count). The van der Waals surface area contributed by atoms with Gasteiger partial charge >= 0.3 is 0 Å². The van der Waals surface area contributed by atoms with Crippen LogP contribution in [-0.2, 0) is 9.59 Å². The van der Waals surface area contributed by atoms with Gasteiger partial charge in [-0.05, 0) is 68.5 Å². The van der Waals surface area contributed by atoms with Crippen molar-refractivity contribution < 1.29 is 9.59 Å². The van der Waals surface area contributed by atoms with Gasteiger partial charge in [-0.25, -0.2) is 0 Å². The Morgan fingerprint density at radius 1 is 0.848 bits per heavy atom. The molecule has 160 valence electrons. The summed E-state index contributed by atoms with van der Waals surface area (Å²) in [5.41, 5.74) is 2.72. The van der Waals surface area contributed by atoms with Crippen molar-refractivity contribution in [3.63, 3.8) is 0 Å². The SMILES string of the molecule is O=CC(=O)C1CCC23C=CC=C(C(c4cccc5c4ccc4c6ccccc6ccc54)C2)C13. The maximum Gasteiger partial charge on any atom is 0.198 e. The molecule has 33 heavy (non-hydrogen) atoms. The molecule has 4 unspecified atom stereocenters. The highest BCUT2D eigenvalue weighted by Crippen LogP contribution is 2.66. The average Bonchev–Trinajstić information content (AvgIpc) is 3.32. The molecule has 4 aromatic rings. The van der Waals surface area contributed by atoms with E-state index in [1.807, 2.05) is 0 Å². The lowest BCUT2D eigenvalue weighted by Gasteiger charge is -2.29. The van der Waals surface area contributed by atoms with E-state index in [9.17, 15) is 9.59 Å². The van der Waals surface area contributed by atoms with Crippen molar-refractivity contribution in [2.45, 2.75) is 25.2 Å². The van der Waals surface area contributed by atoms with Crippen molar-refractivity contribution in [2.75, 3.05) is 0 Å². The van der Waals surface area contributed by atoms with Gasteiger partial charge in [-0.3, -0.25) is 9.59 Å². The van der Waals surface area contributed by atoms with Gasteiger partial charge in [0.25, 0.3) is 0 Å². The summed E-state index contributed by atoms with van der Waals surface area (Å²) in [5.74, 6) is 0.0732. The number of benzene rings is 4. The first-order valence-corrected chi connectivity index (χ1v) is 11.9. The monoisotopic (exact) mass is 428 g/mol. The Bertz CT molecular complexity index is 1560. The molecule has 0 aromatic heterocycles. The van der Waals surface area contributed by atoms with Gasteiger partial charge in [-0.1, -0.05) is 90.5 Å². The van der Waals surface area contributed by atoms with Gasteiger partial charge < -0.3 is 0 Å². The molecule has 2 fully saturated rings. The van der Waals surface area contributed by atoms with Gasteiger partial charge in [0.2, 0.25) is 0 Å². The molecule has 0 amide bonds. The second-order valence-electron chi connectivity index (χ2n) is 10.0. The summed E-state index contributed by atoms with van der Waals surface area (Å²) in [5, 5.41) is 7.71. The van der Waals surface area contributed by atoms with E-state index >= 15 is 0 Å². The number of Topliss-reactive ketones (excluding diaryl/α,β-unsaturated/α-hetero) is 1. The zero-order chi connectivity index (χ0) is 22.2. The number of rotatable bonds is 3. The van der Waals surface area contributed by atoms with Crippen molar-refractivity contribution >= 4 is 44.4 Å². The van der Waals surface area contributed by atoms with Gasteiger partial charge in [-0.2, -0.15) is 0 Å². The van der Waals surface area contributed by atoms with Gasteiger partial charge in [0, 0.05) is 11.8 Å². The molecule has 0 spiro atoms. The predicted molar refractivity (Wildman–Crippen MR) is 133 cm³/mol. The molecule has 4 aromatic carbocycles. The lowest BCUT2D eigenvalue weighted by Crippen LogP contribution is -2.28. The number of aldehydes is 1. The summed E-state index contributed by atoms with van der Waals surface area (Å²) in [6, 6.07) is 24.3. The minimum atomic E-state index is -0.223. The molecular weight excluding hydrogens is 404 g/mol. The Kier molecular flexibility index (Phi) is 3.88. The van der Waals surface area contributed by atoms with Crippen molar-refractivity contribution in [3.05, 3.63) is 96.1 Å². The summed E-state index contributed by atoms with van der Waals surface area (Å²) < 4.78 is 0.